The van der Waals surface area contributed by atoms with Crippen molar-refractivity contribution in [3.63, 3.8) is 0 Å². The summed E-state index contributed by atoms with van der Waals surface area (Å²) in [5.41, 5.74) is 0.916. The molecule has 0 N–H and O–H groups in total. The van der Waals surface area contributed by atoms with Gasteiger partial charge in [-0.1, -0.05) is 43.8 Å². The smallest absolute Gasteiger partial charge is 0.236 e. The first-order chi connectivity index (χ1) is 14.5. The fraction of sp³-hybridized carbons (Fsp3) is 0.409. The Bertz CT molecular complexity index is 1020. The van der Waals surface area contributed by atoms with E-state index in [0.29, 0.717) is 13.1 Å². The van der Waals surface area contributed by atoms with Crippen LogP contribution in [0.1, 0.15) is 19.7 Å². The van der Waals surface area contributed by atoms with Crippen molar-refractivity contribution in [2.45, 2.75) is 31.0 Å². The summed E-state index contributed by atoms with van der Waals surface area (Å²) in [4.78, 5) is 35.3. The Morgan fingerprint density at radius 3 is 2.40 bits per heavy atom. The number of carbonyl (C=O) groups is 1. The highest BCUT2D eigenvalue weighted by molar-refractivity contribution is 8.00. The number of nitrogens with zero attached hydrogens (tertiary/aromatic N) is 6. The number of aromatic nitrogens is 4. The molecular weight excluding hydrogens is 396 g/mol. The van der Waals surface area contributed by atoms with E-state index >= 15 is 0 Å². The fourth-order valence-corrected chi connectivity index (χ4v) is 4.85. The van der Waals surface area contributed by atoms with Gasteiger partial charge in [-0.3, -0.25) is 4.79 Å². The molecule has 0 radical (unpaired) electrons. The molecule has 1 unspecified atom stereocenters. The van der Waals surface area contributed by atoms with E-state index in [-0.39, 0.29) is 17.1 Å². The van der Waals surface area contributed by atoms with Gasteiger partial charge in [0.1, 0.15) is 10.9 Å². The Kier molecular flexibility index (Phi) is 6.13. The number of piperazine rings is 1. The summed E-state index contributed by atoms with van der Waals surface area (Å²) < 4.78 is 0. The predicted octanol–water partition coefficient (Wildman–Crippen LogP) is 3.19. The van der Waals surface area contributed by atoms with E-state index in [2.05, 4.69) is 38.7 Å². The van der Waals surface area contributed by atoms with E-state index in [9.17, 15) is 4.79 Å². The van der Waals surface area contributed by atoms with Crippen molar-refractivity contribution in [1.82, 2.24) is 24.8 Å². The van der Waals surface area contributed by atoms with Crippen molar-refractivity contribution in [1.29, 1.82) is 0 Å². The van der Waals surface area contributed by atoms with Crippen LogP contribution in [0.2, 0.25) is 0 Å². The molecule has 0 aliphatic carbocycles. The average Bonchev–Trinajstić information content (AvgIpc) is 2.77. The highest BCUT2D eigenvalue weighted by Gasteiger charge is 2.31. The summed E-state index contributed by atoms with van der Waals surface area (Å²) in [6.07, 6.45) is 3.50. The SMILES string of the molecule is Cc1nc(SC(C(=O)N2CCN(c3ncccn3)CC2)C(C)C)c2ccccc2n1. The summed E-state index contributed by atoms with van der Waals surface area (Å²) in [6, 6.07) is 9.79. The van der Waals surface area contributed by atoms with Crippen molar-refractivity contribution < 1.29 is 4.79 Å². The minimum absolute atomic E-state index is 0.170. The lowest BCUT2D eigenvalue weighted by molar-refractivity contribution is -0.131. The van der Waals surface area contributed by atoms with Crippen LogP contribution in [0.5, 0.6) is 0 Å². The number of fused-ring (bicyclic) bond motifs is 1. The van der Waals surface area contributed by atoms with Gasteiger partial charge >= 0.3 is 0 Å². The molecule has 1 aliphatic rings. The number of hydrogen-bond donors (Lipinski definition) is 0. The molecule has 0 saturated carbocycles. The van der Waals surface area contributed by atoms with E-state index in [1.54, 1.807) is 24.2 Å². The van der Waals surface area contributed by atoms with Crippen LogP contribution in [0, 0.1) is 12.8 Å². The van der Waals surface area contributed by atoms with Gasteiger partial charge < -0.3 is 9.80 Å². The maximum absolute atomic E-state index is 13.4. The van der Waals surface area contributed by atoms with Gasteiger partial charge in [0.15, 0.2) is 0 Å². The molecule has 0 bridgehead atoms. The number of para-hydroxylation sites is 1. The van der Waals surface area contributed by atoms with E-state index in [1.165, 1.54) is 0 Å². The standard InChI is InChI=1S/C22H26N6OS/c1-15(2)19(30-20-17-7-4-5-8-18(17)25-16(3)26-20)21(29)27-11-13-28(14-12-27)22-23-9-6-10-24-22/h4-10,15,19H,11-14H2,1-3H3. The van der Waals surface area contributed by atoms with Gasteiger partial charge in [-0.15, -0.1) is 0 Å². The zero-order valence-electron chi connectivity index (χ0n) is 17.5. The van der Waals surface area contributed by atoms with Gasteiger partial charge in [-0.2, -0.15) is 0 Å². The van der Waals surface area contributed by atoms with Gasteiger partial charge in [0.05, 0.1) is 10.8 Å². The van der Waals surface area contributed by atoms with Crippen LogP contribution in [0.25, 0.3) is 10.9 Å². The minimum atomic E-state index is -0.192. The number of hydrogen-bond acceptors (Lipinski definition) is 7. The molecule has 2 aromatic heterocycles. The molecular formula is C22H26N6OS. The molecule has 1 fully saturated rings. The van der Waals surface area contributed by atoms with Gasteiger partial charge in [0, 0.05) is 44.0 Å². The number of anilines is 1. The van der Waals surface area contributed by atoms with Crippen LogP contribution >= 0.6 is 11.8 Å². The highest BCUT2D eigenvalue weighted by atomic mass is 32.2. The number of rotatable bonds is 5. The maximum Gasteiger partial charge on any atom is 0.236 e. The van der Waals surface area contributed by atoms with Gasteiger partial charge in [0.25, 0.3) is 0 Å². The molecule has 1 aliphatic heterocycles. The number of amides is 1. The molecule has 3 heterocycles. The van der Waals surface area contributed by atoms with Crippen LogP contribution in [-0.4, -0.2) is 62.2 Å². The van der Waals surface area contributed by atoms with Gasteiger partial charge in [-0.05, 0) is 25.0 Å². The number of benzene rings is 1. The molecule has 1 atom stereocenters. The maximum atomic E-state index is 13.4. The lowest BCUT2D eigenvalue weighted by Crippen LogP contribution is -2.52. The van der Waals surface area contributed by atoms with Crippen LogP contribution in [0.15, 0.2) is 47.8 Å². The molecule has 30 heavy (non-hydrogen) atoms. The first-order valence-electron chi connectivity index (χ1n) is 10.2. The Balaban J connectivity index is 1.50. The first kappa shape index (κ1) is 20.5. The molecule has 1 amide bonds. The van der Waals surface area contributed by atoms with Crippen molar-refractivity contribution in [2.75, 3.05) is 31.1 Å². The van der Waals surface area contributed by atoms with E-state index < -0.39 is 0 Å². The number of carbonyl (C=O) groups excluding carboxylic acids is 1. The first-order valence-corrected chi connectivity index (χ1v) is 11.1. The molecule has 156 valence electrons. The third kappa shape index (κ3) is 4.38. The summed E-state index contributed by atoms with van der Waals surface area (Å²) in [6.45, 7) is 8.91. The Hall–Kier alpha value is -2.74. The highest BCUT2D eigenvalue weighted by Crippen LogP contribution is 2.33. The Morgan fingerprint density at radius 1 is 1.00 bits per heavy atom. The second kappa shape index (κ2) is 8.95. The fourth-order valence-electron chi connectivity index (χ4n) is 3.60. The quantitative estimate of drug-likeness (QED) is 0.462. The van der Waals surface area contributed by atoms with Crippen LogP contribution in [0.4, 0.5) is 5.95 Å². The van der Waals surface area contributed by atoms with E-state index in [1.807, 2.05) is 42.2 Å². The predicted molar refractivity (Wildman–Crippen MR) is 120 cm³/mol. The summed E-state index contributed by atoms with van der Waals surface area (Å²) in [5, 5.41) is 1.68. The molecule has 3 aromatic rings. The second-order valence-electron chi connectivity index (χ2n) is 7.74. The Labute approximate surface area is 180 Å². The number of thioether (sulfide) groups is 1. The van der Waals surface area contributed by atoms with E-state index in [0.717, 1.165) is 40.8 Å². The van der Waals surface area contributed by atoms with Crippen LogP contribution in [-0.2, 0) is 4.79 Å². The van der Waals surface area contributed by atoms with E-state index in [4.69, 9.17) is 0 Å². The van der Waals surface area contributed by atoms with Crippen molar-refractivity contribution in [2.24, 2.45) is 5.92 Å². The third-order valence-corrected chi connectivity index (χ3v) is 6.73. The largest absolute Gasteiger partial charge is 0.338 e. The molecule has 0 spiro atoms. The van der Waals surface area contributed by atoms with Crippen molar-refractivity contribution >= 4 is 34.5 Å². The molecule has 1 aromatic carbocycles. The molecule has 7 nitrogen and oxygen atoms in total. The average molecular weight is 423 g/mol. The van der Waals surface area contributed by atoms with Crippen molar-refractivity contribution in [3.05, 3.63) is 48.5 Å². The molecule has 4 rings (SSSR count). The van der Waals surface area contributed by atoms with Crippen LogP contribution < -0.4 is 4.90 Å². The monoisotopic (exact) mass is 422 g/mol. The Morgan fingerprint density at radius 2 is 1.70 bits per heavy atom. The van der Waals surface area contributed by atoms with Crippen molar-refractivity contribution in [3.8, 4) is 0 Å². The second-order valence-corrected chi connectivity index (χ2v) is 8.87. The topological polar surface area (TPSA) is 75.1 Å². The zero-order chi connectivity index (χ0) is 21.1. The summed E-state index contributed by atoms with van der Waals surface area (Å²) in [5.74, 6) is 1.81. The summed E-state index contributed by atoms with van der Waals surface area (Å²) >= 11 is 1.56. The molecule has 1 saturated heterocycles. The normalized spacial score (nSPS) is 15.6. The van der Waals surface area contributed by atoms with Gasteiger partial charge in [0.2, 0.25) is 11.9 Å². The lowest BCUT2D eigenvalue weighted by atomic mass is 10.1. The minimum Gasteiger partial charge on any atom is -0.338 e. The molecule has 8 heteroatoms. The van der Waals surface area contributed by atoms with Gasteiger partial charge in [-0.25, -0.2) is 19.9 Å². The lowest BCUT2D eigenvalue weighted by Gasteiger charge is -2.37. The van der Waals surface area contributed by atoms with Crippen LogP contribution in [0.3, 0.4) is 0 Å². The number of aryl methyl sites for hydroxylation is 1. The zero-order valence-corrected chi connectivity index (χ0v) is 18.3. The summed E-state index contributed by atoms with van der Waals surface area (Å²) in [7, 11) is 0. The third-order valence-electron chi connectivity index (χ3n) is 5.19.